The molecule has 0 heterocycles. The van der Waals surface area contributed by atoms with Crippen molar-refractivity contribution in [3.8, 4) is 17.2 Å². The summed E-state index contributed by atoms with van der Waals surface area (Å²) in [6.07, 6.45) is 0. The van der Waals surface area contributed by atoms with E-state index in [1.54, 1.807) is 24.3 Å². The molecule has 0 fully saturated rings. The SMILES string of the molecule is O=S(=O)(Oc1ccc(Oc2cccc(CO)c2)cc1)C(F)(F)F. The van der Waals surface area contributed by atoms with Crippen LogP contribution in [0.1, 0.15) is 5.56 Å². The third-order valence-electron chi connectivity index (χ3n) is 2.63. The number of benzene rings is 2. The highest BCUT2D eigenvalue weighted by Crippen LogP contribution is 2.29. The molecule has 2 aromatic carbocycles. The zero-order valence-corrected chi connectivity index (χ0v) is 12.3. The molecule has 0 bridgehead atoms. The van der Waals surface area contributed by atoms with Crippen molar-refractivity contribution < 1.29 is 35.6 Å². The van der Waals surface area contributed by atoms with Crippen LogP contribution in [-0.4, -0.2) is 19.0 Å². The number of halogens is 3. The standard InChI is InChI=1S/C14H11F3O5S/c15-14(16,17)23(19,20)22-12-6-4-11(5-7-12)21-13-3-1-2-10(8-13)9-18/h1-8,18H,9H2. The number of rotatable bonds is 5. The third-order valence-corrected chi connectivity index (χ3v) is 3.61. The van der Waals surface area contributed by atoms with Gasteiger partial charge >= 0.3 is 15.6 Å². The van der Waals surface area contributed by atoms with Crippen molar-refractivity contribution in [3.63, 3.8) is 0 Å². The van der Waals surface area contributed by atoms with E-state index in [1.807, 2.05) is 0 Å². The van der Waals surface area contributed by atoms with Gasteiger partial charge in [0, 0.05) is 0 Å². The van der Waals surface area contributed by atoms with Gasteiger partial charge in [-0.1, -0.05) is 12.1 Å². The number of hydrogen-bond acceptors (Lipinski definition) is 5. The van der Waals surface area contributed by atoms with Gasteiger partial charge in [0.25, 0.3) is 0 Å². The summed E-state index contributed by atoms with van der Waals surface area (Å²) in [5.41, 5.74) is -4.87. The molecule has 0 saturated heterocycles. The summed E-state index contributed by atoms with van der Waals surface area (Å²) < 4.78 is 67.7. The predicted octanol–water partition coefficient (Wildman–Crippen LogP) is 3.20. The lowest BCUT2D eigenvalue weighted by Crippen LogP contribution is -2.27. The average molecular weight is 348 g/mol. The van der Waals surface area contributed by atoms with E-state index in [2.05, 4.69) is 4.18 Å². The van der Waals surface area contributed by atoms with Gasteiger partial charge in [-0.3, -0.25) is 0 Å². The number of aliphatic hydroxyl groups excluding tert-OH is 1. The van der Waals surface area contributed by atoms with Crippen molar-refractivity contribution in [1.82, 2.24) is 0 Å². The van der Waals surface area contributed by atoms with Gasteiger partial charge in [-0.05, 0) is 42.0 Å². The fourth-order valence-corrected chi connectivity index (χ4v) is 2.04. The maximum atomic E-state index is 12.2. The topological polar surface area (TPSA) is 72.8 Å². The van der Waals surface area contributed by atoms with Crippen molar-refractivity contribution in [1.29, 1.82) is 0 Å². The van der Waals surface area contributed by atoms with E-state index in [-0.39, 0.29) is 12.4 Å². The molecule has 0 aromatic heterocycles. The van der Waals surface area contributed by atoms with E-state index in [4.69, 9.17) is 9.84 Å². The van der Waals surface area contributed by atoms with Crippen LogP contribution in [0, 0.1) is 0 Å². The highest BCUT2D eigenvalue weighted by Gasteiger charge is 2.48. The Morgan fingerprint density at radius 2 is 1.57 bits per heavy atom. The van der Waals surface area contributed by atoms with Crippen LogP contribution in [0.15, 0.2) is 48.5 Å². The van der Waals surface area contributed by atoms with Gasteiger partial charge < -0.3 is 14.0 Å². The Morgan fingerprint density at radius 1 is 0.957 bits per heavy atom. The van der Waals surface area contributed by atoms with Gasteiger partial charge in [0.2, 0.25) is 0 Å². The molecule has 124 valence electrons. The van der Waals surface area contributed by atoms with Gasteiger partial charge in [0.05, 0.1) is 6.61 Å². The summed E-state index contributed by atoms with van der Waals surface area (Å²) in [6, 6.07) is 11.1. The number of ether oxygens (including phenoxy) is 1. The largest absolute Gasteiger partial charge is 0.534 e. The lowest BCUT2D eigenvalue weighted by Gasteiger charge is -2.10. The van der Waals surface area contributed by atoms with Gasteiger partial charge in [0.1, 0.15) is 17.2 Å². The minimum Gasteiger partial charge on any atom is -0.457 e. The summed E-state index contributed by atoms with van der Waals surface area (Å²) >= 11 is 0. The molecule has 0 aliphatic rings. The molecule has 0 saturated carbocycles. The van der Waals surface area contributed by atoms with Crippen LogP contribution in [0.2, 0.25) is 0 Å². The van der Waals surface area contributed by atoms with Crippen molar-refractivity contribution in [3.05, 3.63) is 54.1 Å². The first-order valence-corrected chi connectivity index (χ1v) is 7.60. The van der Waals surface area contributed by atoms with Crippen LogP contribution in [0.4, 0.5) is 13.2 Å². The molecule has 2 rings (SSSR count). The molecule has 0 aliphatic heterocycles. The summed E-state index contributed by atoms with van der Waals surface area (Å²) in [5.74, 6) is 0.184. The highest BCUT2D eigenvalue weighted by molar-refractivity contribution is 7.87. The van der Waals surface area contributed by atoms with Crippen LogP contribution in [0.3, 0.4) is 0 Å². The summed E-state index contributed by atoms with van der Waals surface area (Å²) in [4.78, 5) is 0. The Bertz CT molecular complexity index is 770. The first kappa shape index (κ1) is 17.1. The van der Waals surface area contributed by atoms with Crippen molar-refractivity contribution >= 4 is 10.1 Å². The Kier molecular flexibility index (Phi) is 4.81. The van der Waals surface area contributed by atoms with Crippen LogP contribution in [-0.2, 0) is 16.7 Å². The molecule has 0 spiro atoms. The lowest BCUT2D eigenvalue weighted by atomic mass is 10.2. The van der Waals surface area contributed by atoms with Gasteiger partial charge in [0.15, 0.2) is 0 Å². The van der Waals surface area contributed by atoms with Gasteiger partial charge in [-0.15, -0.1) is 0 Å². The van der Waals surface area contributed by atoms with Gasteiger partial charge in [-0.2, -0.15) is 21.6 Å². The van der Waals surface area contributed by atoms with E-state index in [0.29, 0.717) is 11.3 Å². The summed E-state index contributed by atoms with van der Waals surface area (Å²) in [5, 5.41) is 9.02. The van der Waals surface area contributed by atoms with Gasteiger partial charge in [-0.25, -0.2) is 0 Å². The van der Waals surface area contributed by atoms with Crippen LogP contribution >= 0.6 is 0 Å². The smallest absolute Gasteiger partial charge is 0.457 e. The quantitative estimate of drug-likeness (QED) is 0.664. The number of hydrogen-bond donors (Lipinski definition) is 1. The molecule has 1 N–H and O–H groups in total. The zero-order chi connectivity index (χ0) is 17.1. The molecular weight excluding hydrogens is 337 g/mol. The van der Waals surface area contributed by atoms with Crippen LogP contribution in [0.25, 0.3) is 0 Å². The second kappa shape index (κ2) is 6.47. The highest BCUT2D eigenvalue weighted by atomic mass is 32.2. The molecule has 9 heteroatoms. The normalized spacial score (nSPS) is 12.0. The summed E-state index contributed by atoms with van der Waals surface area (Å²) in [7, 11) is -5.70. The first-order valence-electron chi connectivity index (χ1n) is 6.20. The molecular formula is C14H11F3O5S. The zero-order valence-electron chi connectivity index (χ0n) is 11.4. The molecule has 5 nitrogen and oxygen atoms in total. The molecule has 0 radical (unpaired) electrons. The van der Waals surface area contributed by atoms with Crippen molar-refractivity contribution in [2.75, 3.05) is 0 Å². The Labute approximate surface area is 130 Å². The summed E-state index contributed by atoms with van der Waals surface area (Å²) in [6.45, 7) is -0.167. The second-order valence-electron chi connectivity index (χ2n) is 4.36. The van der Waals surface area contributed by atoms with Crippen molar-refractivity contribution in [2.45, 2.75) is 12.1 Å². The Morgan fingerprint density at radius 3 is 2.13 bits per heavy atom. The monoisotopic (exact) mass is 348 g/mol. The predicted molar refractivity (Wildman–Crippen MR) is 74.5 cm³/mol. The van der Waals surface area contributed by atoms with Crippen LogP contribution < -0.4 is 8.92 Å². The third kappa shape index (κ3) is 4.36. The Balaban J connectivity index is 2.11. The molecule has 2 aromatic rings. The van der Waals surface area contributed by atoms with E-state index >= 15 is 0 Å². The maximum Gasteiger partial charge on any atom is 0.534 e. The molecule has 23 heavy (non-hydrogen) atoms. The second-order valence-corrected chi connectivity index (χ2v) is 5.90. The Hall–Kier alpha value is -2.26. The molecule has 0 atom stereocenters. The average Bonchev–Trinajstić information content (AvgIpc) is 2.48. The molecule has 0 unspecified atom stereocenters. The van der Waals surface area contributed by atoms with E-state index in [0.717, 1.165) is 12.1 Å². The lowest BCUT2D eigenvalue weighted by molar-refractivity contribution is -0.0500. The minimum atomic E-state index is -5.70. The van der Waals surface area contributed by atoms with E-state index < -0.39 is 21.4 Å². The fourth-order valence-electron chi connectivity index (χ4n) is 1.58. The molecule has 0 aliphatic carbocycles. The maximum absolute atomic E-state index is 12.2. The molecule has 0 amide bonds. The first-order chi connectivity index (χ1) is 10.7. The van der Waals surface area contributed by atoms with Crippen LogP contribution in [0.5, 0.6) is 17.2 Å². The van der Waals surface area contributed by atoms with Crippen molar-refractivity contribution in [2.24, 2.45) is 0 Å². The number of aliphatic hydroxyl groups is 1. The minimum absolute atomic E-state index is 0.167. The number of alkyl halides is 3. The van der Waals surface area contributed by atoms with E-state index in [9.17, 15) is 21.6 Å². The van der Waals surface area contributed by atoms with E-state index in [1.165, 1.54) is 12.1 Å². The fraction of sp³-hybridized carbons (Fsp3) is 0.143.